The second kappa shape index (κ2) is 12.5. The van der Waals surface area contributed by atoms with Gasteiger partial charge in [0.15, 0.2) is 0 Å². The molecule has 0 saturated carbocycles. The molecule has 7 nitrogen and oxygen atoms in total. The van der Waals surface area contributed by atoms with E-state index in [2.05, 4.69) is 17.6 Å². The number of carbonyl (C=O) groups is 3. The third-order valence-corrected chi connectivity index (χ3v) is 4.88. The summed E-state index contributed by atoms with van der Waals surface area (Å²) < 4.78 is 5.29. The first kappa shape index (κ1) is 27.5. The average molecular weight is 448 g/mol. The number of nitrogens with one attached hydrogen (secondary N) is 2. The molecule has 0 aromatic heterocycles. The molecule has 0 heterocycles. The molecule has 3 unspecified atom stereocenters. The minimum atomic E-state index is -0.843. The molecule has 0 saturated heterocycles. The highest BCUT2D eigenvalue weighted by Gasteiger charge is 2.34. The van der Waals surface area contributed by atoms with Gasteiger partial charge in [-0.2, -0.15) is 0 Å². The summed E-state index contributed by atoms with van der Waals surface area (Å²) in [5.41, 5.74) is 1.08. The molecule has 0 aliphatic carbocycles. The predicted octanol–water partition coefficient (Wildman–Crippen LogP) is 4.49. The minimum absolute atomic E-state index is 0.00398. The van der Waals surface area contributed by atoms with E-state index < -0.39 is 23.8 Å². The molecule has 0 radical (unpaired) electrons. The SMILES string of the molecule is CCCC(C)NC(=O)C(c1cccc(C)c1)N(CCC)C(=O)C(C)NC(=O)OC(C)(C)C. The molecular formula is C25H41N3O4. The molecule has 3 amide bonds. The first-order valence-electron chi connectivity index (χ1n) is 11.6. The van der Waals surface area contributed by atoms with Gasteiger partial charge in [0.25, 0.3) is 0 Å². The van der Waals surface area contributed by atoms with Gasteiger partial charge in [-0.3, -0.25) is 9.59 Å². The summed E-state index contributed by atoms with van der Waals surface area (Å²) in [7, 11) is 0. The summed E-state index contributed by atoms with van der Waals surface area (Å²) in [5.74, 6) is -0.551. The fourth-order valence-electron chi connectivity index (χ4n) is 3.54. The third-order valence-electron chi connectivity index (χ3n) is 4.88. The van der Waals surface area contributed by atoms with Crippen LogP contribution in [0.4, 0.5) is 4.79 Å². The second-order valence-electron chi connectivity index (χ2n) is 9.41. The average Bonchev–Trinajstić information content (AvgIpc) is 2.65. The van der Waals surface area contributed by atoms with Gasteiger partial charge in [0.1, 0.15) is 17.7 Å². The van der Waals surface area contributed by atoms with Crippen LogP contribution in [0.1, 0.15) is 84.9 Å². The summed E-state index contributed by atoms with van der Waals surface area (Å²) in [5, 5.41) is 5.67. The topological polar surface area (TPSA) is 87.7 Å². The molecule has 0 spiro atoms. The molecule has 0 bridgehead atoms. The summed E-state index contributed by atoms with van der Waals surface area (Å²) in [6, 6.07) is 6.00. The highest BCUT2D eigenvalue weighted by atomic mass is 16.6. The lowest BCUT2D eigenvalue weighted by atomic mass is 10.00. The molecule has 0 aliphatic heterocycles. The molecule has 0 fully saturated rings. The first-order chi connectivity index (χ1) is 14.9. The number of hydrogen-bond donors (Lipinski definition) is 2. The van der Waals surface area contributed by atoms with Crippen LogP contribution < -0.4 is 10.6 Å². The van der Waals surface area contributed by atoms with Gasteiger partial charge >= 0.3 is 6.09 Å². The molecule has 32 heavy (non-hydrogen) atoms. The summed E-state index contributed by atoms with van der Waals surface area (Å²) in [6.45, 7) is 15.2. The predicted molar refractivity (Wildman–Crippen MR) is 127 cm³/mol. The summed E-state index contributed by atoms with van der Waals surface area (Å²) in [6.07, 6.45) is 1.81. The smallest absolute Gasteiger partial charge is 0.408 e. The Labute approximate surface area is 193 Å². The molecule has 0 aliphatic rings. The van der Waals surface area contributed by atoms with Crippen LogP contribution in [-0.2, 0) is 14.3 Å². The number of alkyl carbamates (subject to hydrolysis) is 1. The monoisotopic (exact) mass is 447 g/mol. The number of amides is 3. The van der Waals surface area contributed by atoms with Gasteiger partial charge in [0.2, 0.25) is 11.8 Å². The zero-order chi connectivity index (χ0) is 24.5. The van der Waals surface area contributed by atoms with Crippen LogP contribution in [0.25, 0.3) is 0 Å². The lowest BCUT2D eigenvalue weighted by Gasteiger charge is -2.34. The lowest BCUT2D eigenvalue weighted by Crippen LogP contribution is -2.52. The van der Waals surface area contributed by atoms with E-state index in [0.717, 1.165) is 24.0 Å². The van der Waals surface area contributed by atoms with Gasteiger partial charge in [0.05, 0.1) is 0 Å². The molecule has 1 aromatic rings. The number of carbonyl (C=O) groups excluding carboxylic acids is 3. The highest BCUT2D eigenvalue weighted by molar-refractivity contribution is 5.92. The Kier molecular flexibility index (Phi) is 10.7. The van der Waals surface area contributed by atoms with Gasteiger partial charge in [-0.25, -0.2) is 4.79 Å². The fourth-order valence-corrected chi connectivity index (χ4v) is 3.54. The van der Waals surface area contributed by atoms with Gasteiger partial charge in [-0.15, -0.1) is 0 Å². The van der Waals surface area contributed by atoms with Gasteiger partial charge in [-0.1, -0.05) is 50.1 Å². The van der Waals surface area contributed by atoms with Crippen LogP contribution in [0.2, 0.25) is 0 Å². The number of hydrogen-bond acceptors (Lipinski definition) is 4. The highest BCUT2D eigenvalue weighted by Crippen LogP contribution is 2.24. The molecular weight excluding hydrogens is 406 g/mol. The molecule has 3 atom stereocenters. The van der Waals surface area contributed by atoms with E-state index in [1.54, 1.807) is 32.6 Å². The number of nitrogens with zero attached hydrogens (tertiary/aromatic N) is 1. The molecule has 7 heteroatoms. The van der Waals surface area contributed by atoms with Crippen molar-refractivity contribution in [2.24, 2.45) is 0 Å². The van der Waals surface area contributed by atoms with Crippen molar-refractivity contribution < 1.29 is 19.1 Å². The lowest BCUT2D eigenvalue weighted by molar-refractivity contribution is -0.142. The number of aryl methyl sites for hydroxylation is 1. The van der Waals surface area contributed by atoms with Gasteiger partial charge < -0.3 is 20.3 Å². The molecule has 1 rings (SSSR count). The van der Waals surface area contributed by atoms with Crippen molar-refractivity contribution in [2.45, 2.75) is 98.4 Å². The second-order valence-corrected chi connectivity index (χ2v) is 9.41. The summed E-state index contributed by atoms with van der Waals surface area (Å²) >= 11 is 0. The van der Waals surface area contributed by atoms with Crippen molar-refractivity contribution in [1.82, 2.24) is 15.5 Å². The standard InChI is InChI=1S/C25H41N3O4/c1-9-12-18(4)26-22(29)21(20-14-11-13-17(3)16-20)28(15-10-2)23(30)19(5)27-24(31)32-25(6,7)8/h11,13-14,16,18-19,21H,9-10,12,15H2,1-8H3,(H,26,29)(H,27,31). The van der Waals surface area contributed by atoms with E-state index in [1.165, 1.54) is 0 Å². The molecule has 1 aromatic carbocycles. The fraction of sp³-hybridized carbons (Fsp3) is 0.640. The van der Waals surface area contributed by atoms with E-state index in [-0.39, 0.29) is 17.9 Å². The Hall–Kier alpha value is -2.57. The van der Waals surface area contributed by atoms with Crippen LogP contribution >= 0.6 is 0 Å². The largest absolute Gasteiger partial charge is 0.444 e. The van der Waals surface area contributed by atoms with Gasteiger partial charge in [-0.05, 0) is 59.9 Å². The maximum absolute atomic E-state index is 13.4. The Morgan fingerprint density at radius 2 is 1.72 bits per heavy atom. The summed E-state index contributed by atoms with van der Waals surface area (Å²) in [4.78, 5) is 40.6. The maximum atomic E-state index is 13.4. The Morgan fingerprint density at radius 1 is 1.06 bits per heavy atom. The Morgan fingerprint density at radius 3 is 2.25 bits per heavy atom. The zero-order valence-corrected chi connectivity index (χ0v) is 21.0. The van der Waals surface area contributed by atoms with Crippen molar-refractivity contribution in [3.05, 3.63) is 35.4 Å². The quantitative estimate of drug-likeness (QED) is 0.553. The van der Waals surface area contributed by atoms with Crippen LogP contribution in [0.3, 0.4) is 0 Å². The number of ether oxygens (including phenoxy) is 1. The van der Waals surface area contributed by atoms with Crippen LogP contribution in [0.5, 0.6) is 0 Å². The van der Waals surface area contributed by atoms with E-state index in [0.29, 0.717) is 13.0 Å². The van der Waals surface area contributed by atoms with Crippen molar-refractivity contribution in [3.8, 4) is 0 Å². The van der Waals surface area contributed by atoms with E-state index in [1.807, 2.05) is 45.0 Å². The zero-order valence-electron chi connectivity index (χ0n) is 21.0. The van der Waals surface area contributed by atoms with E-state index in [4.69, 9.17) is 4.74 Å². The molecule has 2 N–H and O–H groups in total. The van der Waals surface area contributed by atoms with E-state index in [9.17, 15) is 14.4 Å². The maximum Gasteiger partial charge on any atom is 0.408 e. The van der Waals surface area contributed by atoms with Crippen molar-refractivity contribution >= 4 is 17.9 Å². The van der Waals surface area contributed by atoms with E-state index >= 15 is 0 Å². The van der Waals surface area contributed by atoms with Crippen molar-refractivity contribution in [1.29, 1.82) is 0 Å². The Bertz CT molecular complexity index is 773. The Balaban J connectivity index is 3.23. The third kappa shape index (κ3) is 8.89. The minimum Gasteiger partial charge on any atom is -0.444 e. The number of rotatable bonds is 10. The molecule has 180 valence electrons. The van der Waals surface area contributed by atoms with Crippen LogP contribution in [0, 0.1) is 6.92 Å². The van der Waals surface area contributed by atoms with Crippen LogP contribution in [-0.4, -0.2) is 47.0 Å². The van der Waals surface area contributed by atoms with Gasteiger partial charge in [0, 0.05) is 12.6 Å². The van der Waals surface area contributed by atoms with Crippen LogP contribution in [0.15, 0.2) is 24.3 Å². The van der Waals surface area contributed by atoms with Crippen molar-refractivity contribution in [3.63, 3.8) is 0 Å². The number of benzene rings is 1. The van der Waals surface area contributed by atoms with Crippen molar-refractivity contribution in [2.75, 3.05) is 6.54 Å². The normalized spacial score (nSPS) is 14.1. The first-order valence-corrected chi connectivity index (χ1v) is 11.6.